The lowest BCUT2D eigenvalue weighted by Gasteiger charge is -2.29. The number of hydrogen-bond donors (Lipinski definition) is 2. The molecular weight excluding hydrogens is 368 g/mol. The zero-order valence-corrected chi connectivity index (χ0v) is 14.5. The summed E-state index contributed by atoms with van der Waals surface area (Å²) >= 11 is 2.60. The fourth-order valence-electron chi connectivity index (χ4n) is 2.69. The predicted octanol–water partition coefficient (Wildman–Crippen LogP) is 1.05. The van der Waals surface area contributed by atoms with Crippen molar-refractivity contribution in [3.05, 3.63) is 49.8 Å². The summed E-state index contributed by atoms with van der Waals surface area (Å²) in [6.45, 7) is -0.620. The van der Waals surface area contributed by atoms with Gasteiger partial charge in [0.15, 0.2) is 0 Å². The minimum atomic E-state index is -1.35. The van der Waals surface area contributed by atoms with Crippen LogP contribution in [-0.2, 0) is 9.59 Å². The molecule has 2 aliphatic heterocycles. The van der Waals surface area contributed by atoms with Gasteiger partial charge in [-0.15, -0.1) is 23.5 Å². The number of nitro groups is 1. The van der Waals surface area contributed by atoms with Gasteiger partial charge in [0.25, 0.3) is 17.5 Å². The number of nitrogens with zero attached hydrogens (tertiary/aromatic N) is 2. The molecule has 3 rings (SSSR count). The first-order valence-corrected chi connectivity index (χ1v) is 9.34. The number of aliphatic hydroxyl groups excluding tert-OH is 2. The maximum atomic E-state index is 12.5. The van der Waals surface area contributed by atoms with Crippen molar-refractivity contribution in [3.63, 3.8) is 0 Å². The molecule has 2 heterocycles. The SMILES string of the molecule is O=C1C2=C(SCCS2)C(=O)N1[C@@H](CO)[C@@H](O)c1ccc([N+](=O)[O-])cc1. The topological polar surface area (TPSA) is 121 Å². The Morgan fingerprint density at radius 2 is 1.64 bits per heavy atom. The van der Waals surface area contributed by atoms with Crippen LogP contribution in [0.1, 0.15) is 11.7 Å². The Balaban J connectivity index is 1.86. The molecule has 2 amide bonds. The number of carbonyl (C=O) groups is 2. The zero-order valence-electron chi connectivity index (χ0n) is 12.8. The van der Waals surface area contributed by atoms with Gasteiger partial charge >= 0.3 is 0 Å². The van der Waals surface area contributed by atoms with E-state index in [1.807, 2.05) is 0 Å². The average molecular weight is 382 g/mol. The maximum absolute atomic E-state index is 12.5. The molecule has 8 nitrogen and oxygen atoms in total. The second-order valence-corrected chi connectivity index (χ2v) is 7.59. The normalized spacial score (nSPS) is 19.8. The minimum Gasteiger partial charge on any atom is -0.394 e. The molecule has 0 saturated carbocycles. The molecule has 0 radical (unpaired) electrons. The molecule has 132 valence electrons. The van der Waals surface area contributed by atoms with Crippen LogP contribution in [0.4, 0.5) is 5.69 Å². The molecule has 1 aromatic carbocycles. The molecule has 0 spiro atoms. The highest BCUT2D eigenvalue weighted by atomic mass is 32.2. The van der Waals surface area contributed by atoms with Crippen LogP contribution in [0.15, 0.2) is 34.1 Å². The molecule has 0 aliphatic carbocycles. The first kappa shape index (κ1) is 17.9. The molecule has 0 saturated heterocycles. The second-order valence-electron chi connectivity index (χ2n) is 5.38. The van der Waals surface area contributed by atoms with Gasteiger partial charge in [0, 0.05) is 23.6 Å². The van der Waals surface area contributed by atoms with Crippen molar-refractivity contribution in [2.24, 2.45) is 0 Å². The third-order valence-corrected chi connectivity index (χ3v) is 6.48. The van der Waals surface area contributed by atoms with Gasteiger partial charge in [-0.05, 0) is 17.7 Å². The molecule has 0 fully saturated rings. The van der Waals surface area contributed by atoms with Crippen molar-refractivity contribution >= 4 is 41.0 Å². The van der Waals surface area contributed by atoms with E-state index in [1.54, 1.807) is 0 Å². The highest BCUT2D eigenvalue weighted by Gasteiger charge is 2.45. The van der Waals surface area contributed by atoms with Crippen LogP contribution in [0.5, 0.6) is 0 Å². The van der Waals surface area contributed by atoms with E-state index < -0.39 is 35.5 Å². The number of aliphatic hydroxyl groups is 2. The molecule has 2 N–H and O–H groups in total. The summed E-state index contributed by atoms with van der Waals surface area (Å²) in [7, 11) is 0. The molecule has 0 aromatic heterocycles. The lowest BCUT2D eigenvalue weighted by Crippen LogP contribution is -2.46. The Hall–Kier alpha value is -1.88. The summed E-state index contributed by atoms with van der Waals surface area (Å²) < 4.78 is 0. The van der Waals surface area contributed by atoms with Gasteiger partial charge in [0.1, 0.15) is 6.10 Å². The van der Waals surface area contributed by atoms with E-state index in [0.717, 1.165) is 4.90 Å². The molecule has 1 aromatic rings. The van der Waals surface area contributed by atoms with Gasteiger partial charge in [0.05, 0.1) is 27.4 Å². The van der Waals surface area contributed by atoms with E-state index in [0.29, 0.717) is 21.3 Å². The number of amides is 2. The lowest BCUT2D eigenvalue weighted by atomic mass is 10.0. The van der Waals surface area contributed by atoms with Crippen molar-refractivity contribution in [2.75, 3.05) is 18.1 Å². The van der Waals surface area contributed by atoms with E-state index in [2.05, 4.69) is 0 Å². The highest BCUT2D eigenvalue weighted by molar-refractivity contribution is 8.11. The van der Waals surface area contributed by atoms with Crippen molar-refractivity contribution in [1.82, 2.24) is 4.90 Å². The van der Waals surface area contributed by atoms with Crippen LogP contribution in [0.3, 0.4) is 0 Å². The number of benzene rings is 1. The fourth-order valence-corrected chi connectivity index (χ4v) is 5.00. The van der Waals surface area contributed by atoms with E-state index >= 15 is 0 Å². The number of hydrogen-bond acceptors (Lipinski definition) is 8. The summed E-state index contributed by atoms with van der Waals surface area (Å²) in [5.74, 6) is 0.394. The Labute approximate surface area is 151 Å². The molecule has 2 aliphatic rings. The summed E-state index contributed by atoms with van der Waals surface area (Å²) in [6, 6.07) is 3.96. The number of carbonyl (C=O) groups excluding carboxylic acids is 2. The van der Waals surface area contributed by atoms with E-state index in [-0.39, 0.29) is 11.3 Å². The summed E-state index contributed by atoms with van der Waals surface area (Å²) in [6.07, 6.45) is -1.35. The van der Waals surface area contributed by atoms with Crippen molar-refractivity contribution in [2.45, 2.75) is 12.1 Å². The smallest absolute Gasteiger partial charge is 0.269 e. The van der Waals surface area contributed by atoms with E-state index in [1.165, 1.54) is 47.8 Å². The van der Waals surface area contributed by atoms with Crippen molar-refractivity contribution < 1.29 is 24.7 Å². The van der Waals surface area contributed by atoms with Gasteiger partial charge < -0.3 is 10.2 Å². The fraction of sp³-hybridized carbons (Fsp3) is 0.333. The van der Waals surface area contributed by atoms with Gasteiger partial charge in [-0.1, -0.05) is 0 Å². The Kier molecular flexibility index (Phi) is 5.13. The number of rotatable bonds is 5. The average Bonchev–Trinajstić information content (AvgIpc) is 2.88. The Bertz CT molecular complexity index is 736. The largest absolute Gasteiger partial charge is 0.394 e. The van der Waals surface area contributed by atoms with Gasteiger partial charge in [-0.3, -0.25) is 24.6 Å². The van der Waals surface area contributed by atoms with Crippen LogP contribution in [0.2, 0.25) is 0 Å². The van der Waals surface area contributed by atoms with Crippen LogP contribution < -0.4 is 0 Å². The van der Waals surface area contributed by atoms with Crippen LogP contribution in [-0.4, -0.2) is 56.0 Å². The van der Waals surface area contributed by atoms with Crippen LogP contribution in [0.25, 0.3) is 0 Å². The van der Waals surface area contributed by atoms with Crippen molar-refractivity contribution in [3.8, 4) is 0 Å². The molecule has 25 heavy (non-hydrogen) atoms. The first-order valence-electron chi connectivity index (χ1n) is 7.36. The number of thioether (sulfide) groups is 2. The van der Waals surface area contributed by atoms with E-state index in [9.17, 15) is 29.9 Å². The number of non-ortho nitro benzene ring substituents is 1. The molecular formula is C15H14N2O6S2. The molecule has 0 unspecified atom stereocenters. The van der Waals surface area contributed by atoms with Crippen molar-refractivity contribution in [1.29, 1.82) is 0 Å². The zero-order chi connectivity index (χ0) is 18.1. The Morgan fingerprint density at radius 1 is 1.12 bits per heavy atom. The monoisotopic (exact) mass is 382 g/mol. The summed E-state index contributed by atoms with van der Waals surface area (Å²) in [4.78, 5) is 36.8. The second kappa shape index (κ2) is 7.16. The molecule has 10 heteroatoms. The lowest BCUT2D eigenvalue weighted by molar-refractivity contribution is -0.384. The summed E-state index contributed by atoms with van der Waals surface area (Å²) in [5.41, 5.74) is 0.130. The minimum absolute atomic E-state index is 0.144. The predicted molar refractivity (Wildman–Crippen MR) is 92.7 cm³/mol. The number of imide groups is 1. The van der Waals surface area contributed by atoms with Gasteiger partial charge in [-0.25, -0.2) is 0 Å². The standard InChI is InChI=1S/C15H14N2O6S2/c18-7-10(11(19)8-1-3-9(4-2-8)17(22)23)16-14(20)12-13(15(16)21)25-6-5-24-12/h1-4,10-11,18-19H,5-7H2/t10-,11-/m0/s1. The number of nitro benzene ring substituents is 1. The molecule has 0 bridgehead atoms. The highest BCUT2D eigenvalue weighted by Crippen LogP contribution is 2.42. The van der Waals surface area contributed by atoms with Gasteiger partial charge in [-0.2, -0.15) is 0 Å². The quantitative estimate of drug-likeness (QED) is 0.440. The third kappa shape index (κ3) is 3.17. The van der Waals surface area contributed by atoms with Crippen LogP contribution >= 0.6 is 23.5 Å². The van der Waals surface area contributed by atoms with E-state index in [4.69, 9.17) is 0 Å². The van der Waals surface area contributed by atoms with Crippen LogP contribution in [0, 0.1) is 10.1 Å². The maximum Gasteiger partial charge on any atom is 0.269 e. The molecule has 2 atom stereocenters. The first-order chi connectivity index (χ1) is 12.0. The van der Waals surface area contributed by atoms with Gasteiger partial charge in [0.2, 0.25) is 0 Å². The Morgan fingerprint density at radius 3 is 2.08 bits per heavy atom. The summed E-state index contributed by atoms with van der Waals surface area (Å²) in [5, 5.41) is 30.9. The third-order valence-electron chi connectivity index (χ3n) is 3.94.